The number of nitrogens with zero attached hydrogens (tertiary/aromatic N) is 1. The Kier molecular flexibility index (Phi) is 3.72. The molecule has 3 rings (SSSR count). The highest BCUT2D eigenvalue weighted by atomic mass is 19.1. The summed E-state index contributed by atoms with van der Waals surface area (Å²) in [6, 6.07) is 3.23. The third-order valence-corrected chi connectivity index (χ3v) is 3.57. The molecule has 2 aromatic heterocycles. The molecule has 0 aliphatic carbocycles. The Hall–Kier alpha value is -3.29. The van der Waals surface area contributed by atoms with Crippen LogP contribution in [0.3, 0.4) is 0 Å². The molecule has 122 valence electrons. The van der Waals surface area contributed by atoms with Crippen molar-refractivity contribution in [1.82, 2.24) is 9.97 Å². The topological polar surface area (TPSA) is 98.1 Å². The number of amides is 1. The largest absolute Gasteiger partial charge is 0.495 e. The number of nitrogens with two attached hydrogens (primary N) is 1. The van der Waals surface area contributed by atoms with Gasteiger partial charge in [0, 0.05) is 17.1 Å². The van der Waals surface area contributed by atoms with Gasteiger partial charge in [-0.3, -0.25) is 9.59 Å². The number of rotatable bonds is 4. The van der Waals surface area contributed by atoms with E-state index in [1.165, 1.54) is 25.6 Å². The van der Waals surface area contributed by atoms with Gasteiger partial charge in [-0.1, -0.05) is 0 Å². The Balaban J connectivity index is 2.20. The van der Waals surface area contributed by atoms with Gasteiger partial charge in [0.25, 0.3) is 5.91 Å². The Labute approximate surface area is 134 Å². The summed E-state index contributed by atoms with van der Waals surface area (Å²) in [6.45, 7) is 0. The number of nitrogens with one attached hydrogen (secondary N) is 1. The average Bonchev–Trinajstić information content (AvgIpc) is 2.97. The summed E-state index contributed by atoms with van der Waals surface area (Å²) in [4.78, 5) is 30.6. The number of primary amides is 1. The number of carbonyl (C=O) groups is 2. The van der Waals surface area contributed by atoms with E-state index in [2.05, 4.69) is 9.97 Å². The summed E-state index contributed by atoms with van der Waals surface area (Å²) in [5, 5.41) is 0.336. The number of aromatic amines is 1. The van der Waals surface area contributed by atoms with Crippen LogP contribution in [0.25, 0.3) is 11.0 Å². The number of H-pyrrole nitrogens is 1. The third-order valence-electron chi connectivity index (χ3n) is 3.57. The van der Waals surface area contributed by atoms with Crippen molar-refractivity contribution in [2.45, 2.75) is 0 Å². The molecule has 0 unspecified atom stereocenters. The molecule has 8 heteroatoms. The monoisotopic (exact) mass is 331 g/mol. The molecule has 0 atom stereocenters. The average molecular weight is 331 g/mol. The molecule has 1 aromatic carbocycles. The molecule has 0 saturated heterocycles. The fourth-order valence-corrected chi connectivity index (χ4v) is 2.37. The van der Waals surface area contributed by atoms with Crippen molar-refractivity contribution in [2.75, 3.05) is 7.11 Å². The maximum absolute atomic E-state index is 14.4. The molecule has 0 radical (unpaired) electrons. The van der Waals surface area contributed by atoms with Crippen LogP contribution in [0.4, 0.5) is 8.78 Å². The van der Waals surface area contributed by atoms with Crippen molar-refractivity contribution < 1.29 is 23.1 Å². The number of ketones is 1. The van der Waals surface area contributed by atoms with Gasteiger partial charge >= 0.3 is 0 Å². The van der Waals surface area contributed by atoms with Crippen molar-refractivity contribution in [2.24, 2.45) is 5.73 Å². The van der Waals surface area contributed by atoms with Gasteiger partial charge in [0.1, 0.15) is 23.0 Å². The molecule has 0 aliphatic rings. The van der Waals surface area contributed by atoms with Gasteiger partial charge in [0.05, 0.1) is 24.4 Å². The number of fused-ring (bicyclic) bond motifs is 1. The van der Waals surface area contributed by atoms with Gasteiger partial charge in [-0.2, -0.15) is 0 Å². The molecule has 0 saturated carbocycles. The summed E-state index contributed by atoms with van der Waals surface area (Å²) in [5.74, 6) is -4.04. The van der Waals surface area contributed by atoms with Gasteiger partial charge < -0.3 is 15.5 Å². The van der Waals surface area contributed by atoms with E-state index in [1.807, 2.05) is 0 Å². The highest BCUT2D eigenvalue weighted by Gasteiger charge is 2.25. The normalized spacial score (nSPS) is 10.8. The van der Waals surface area contributed by atoms with Crippen molar-refractivity contribution >= 4 is 22.7 Å². The standard InChI is InChI=1S/C16H11F2N3O3/c1-24-7-4-9-10(6-21-16(9)20-5-7)14(22)12-11(17)3-2-8(13(12)18)15(19)23/h2-6H,1H3,(H2,19,23)(H,20,21). The lowest BCUT2D eigenvalue weighted by Crippen LogP contribution is -2.17. The quantitative estimate of drug-likeness (QED) is 0.716. The maximum atomic E-state index is 14.4. The van der Waals surface area contributed by atoms with Gasteiger partial charge in [-0.05, 0) is 18.2 Å². The lowest BCUT2D eigenvalue weighted by atomic mass is 9.99. The van der Waals surface area contributed by atoms with Crippen molar-refractivity contribution in [3.63, 3.8) is 0 Å². The summed E-state index contributed by atoms with van der Waals surface area (Å²) in [5.41, 5.74) is 3.97. The first-order valence-electron chi connectivity index (χ1n) is 6.77. The first-order chi connectivity index (χ1) is 11.4. The Morgan fingerprint density at radius 2 is 2.00 bits per heavy atom. The minimum Gasteiger partial charge on any atom is -0.495 e. The highest BCUT2D eigenvalue weighted by Crippen LogP contribution is 2.26. The molecule has 3 N–H and O–H groups in total. The predicted octanol–water partition coefficient (Wildman–Crippen LogP) is 2.18. The molecule has 3 aromatic rings. The van der Waals surface area contributed by atoms with E-state index in [-0.39, 0.29) is 5.56 Å². The van der Waals surface area contributed by atoms with E-state index in [0.717, 1.165) is 12.1 Å². The minimum absolute atomic E-state index is 0.00387. The molecule has 0 spiro atoms. The van der Waals surface area contributed by atoms with Gasteiger partial charge in [-0.25, -0.2) is 13.8 Å². The first kappa shape index (κ1) is 15.6. The predicted molar refractivity (Wildman–Crippen MR) is 81.0 cm³/mol. The molecule has 0 aliphatic heterocycles. The lowest BCUT2D eigenvalue weighted by Gasteiger charge is -2.07. The fourth-order valence-electron chi connectivity index (χ4n) is 2.37. The van der Waals surface area contributed by atoms with Gasteiger partial charge in [0.2, 0.25) is 5.78 Å². The Morgan fingerprint density at radius 3 is 2.67 bits per heavy atom. The number of halogens is 2. The van der Waals surface area contributed by atoms with Crippen LogP contribution in [0, 0.1) is 11.6 Å². The molecule has 0 fully saturated rings. The van der Waals surface area contributed by atoms with Crippen LogP contribution in [-0.2, 0) is 0 Å². The summed E-state index contributed by atoms with van der Waals surface area (Å²) in [6.07, 6.45) is 2.72. The fraction of sp³-hybridized carbons (Fsp3) is 0.0625. The van der Waals surface area contributed by atoms with E-state index >= 15 is 0 Å². The zero-order valence-corrected chi connectivity index (χ0v) is 12.4. The Morgan fingerprint density at radius 1 is 1.25 bits per heavy atom. The molecule has 0 bridgehead atoms. The third kappa shape index (κ3) is 2.37. The number of pyridine rings is 1. The molecular formula is C16H11F2N3O3. The van der Waals surface area contributed by atoms with E-state index in [0.29, 0.717) is 16.8 Å². The number of ether oxygens (including phenoxy) is 1. The van der Waals surface area contributed by atoms with E-state index in [4.69, 9.17) is 10.5 Å². The van der Waals surface area contributed by atoms with Crippen LogP contribution in [0.15, 0.2) is 30.6 Å². The van der Waals surface area contributed by atoms with E-state index in [1.54, 1.807) is 0 Å². The molecule has 6 nitrogen and oxygen atoms in total. The second-order valence-electron chi connectivity index (χ2n) is 4.95. The second kappa shape index (κ2) is 5.73. The number of carbonyl (C=O) groups excluding carboxylic acids is 2. The number of hydrogen-bond donors (Lipinski definition) is 2. The van der Waals surface area contributed by atoms with Crippen molar-refractivity contribution in [3.05, 3.63) is 58.9 Å². The van der Waals surface area contributed by atoms with Crippen LogP contribution in [0.1, 0.15) is 26.3 Å². The Bertz CT molecular complexity index is 982. The smallest absolute Gasteiger partial charge is 0.251 e. The SMILES string of the molecule is COc1cnc2[nH]cc(C(=O)c3c(F)ccc(C(N)=O)c3F)c2c1. The lowest BCUT2D eigenvalue weighted by molar-refractivity contribution is 0.0996. The zero-order valence-electron chi connectivity index (χ0n) is 12.4. The maximum Gasteiger partial charge on any atom is 0.251 e. The molecular weight excluding hydrogens is 320 g/mol. The van der Waals surface area contributed by atoms with Gasteiger partial charge in [0.15, 0.2) is 0 Å². The summed E-state index contributed by atoms with van der Waals surface area (Å²) >= 11 is 0. The molecule has 1 amide bonds. The molecule has 2 heterocycles. The van der Waals surface area contributed by atoms with Crippen molar-refractivity contribution in [1.29, 1.82) is 0 Å². The first-order valence-corrected chi connectivity index (χ1v) is 6.77. The van der Waals surface area contributed by atoms with E-state index < -0.39 is 34.5 Å². The second-order valence-corrected chi connectivity index (χ2v) is 4.95. The number of hydrogen-bond acceptors (Lipinski definition) is 4. The van der Waals surface area contributed by atoms with Gasteiger partial charge in [-0.15, -0.1) is 0 Å². The van der Waals surface area contributed by atoms with Crippen molar-refractivity contribution in [3.8, 4) is 5.75 Å². The van der Waals surface area contributed by atoms with Crippen LogP contribution >= 0.6 is 0 Å². The minimum atomic E-state index is -1.29. The van der Waals surface area contributed by atoms with E-state index in [9.17, 15) is 18.4 Å². The summed E-state index contributed by atoms with van der Waals surface area (Å²) in [7, 11) is 1.42. The highest BCUT2D eigenvalue weighted by molar-refractivity contribution is 6.17. The van der Waals surface area contributed by atoms with Crippen LogP contribution < -0.4 is 10.5 Å². The molecule has 24 heavy (non-hydrogen) atoms. The zero-order chi connectivity index (χ0) is 17.4. The number of benzene rings is 1. The van der Waals surface area contributed by atoms with Crippen LogP contribution in [0.5, 0.6) is 5.75 Å². The van der Waals surface area contributed by atoms with Crippen LogP contribution in [-0.4, -0.2) is 28.8 Å². The number of aromatic nitrogens is 2. The summed E-state index contributed by atoms with van der Waals surface area (Å²) < 4.78 is 33.4. The van der Waals surface area contributed by atoms with Crippen LogP contribution in [0.2, 0.25) is 0 Å². The number of methoxy groups -OCH3 is 1.